The number of hydrogen-bond donors (Lipinski definition) is 2. The van der Waals surface area contributed by atoms with Gasteiger partial charge in [0, 0.05) is 38.8 Å². The third kappa shape index (κ3) is 9.01. The molecule has 8 nitrogen and oxygen atoms in total. The molecule has 0 spiro atoms. The van der Waals surface area contributed by atoms with Crippen molar-refractivity contribution >= 4 is 20.7 Å². The van der Waals surface area contributed by atoms with Crippen LogP contribution in [0.5, 0.6) is 0 Å². The maximum atomic E-state index is 11.7. The number of carbonyl (C=O) groups excluding carboxylic acids is 2. The minimum Gasteiger partial charge on any atom is -0.374 e. The summed E-state index contributed by atoms with van der Waals surface area (Å²) in [6.45, 7) is 9.33. The summed E-state index contributed by atoms with van der Waals surface area (Å²) in [6, 6.07) is 0.628. The van der Waals surface area contributed by atoms with Crippen molar-refractivity contribution in [2.24, 2.45) is 11.8 Å². The van der Waals surface area contributed by atoms with Gasteiger partial charge in [-0.1, -0.05) is 6.92 Å². The zero-order valence-corrected chi connectivity index (χ0v) is 15.6. The zero-order valence-electron chi connectivity index (χ0n) is 14.6. The van der Waals surface area contributed by atoms with Crippen LogP contribution in [0.4, 0.5) is 0 Å². The Bertz CT molecular complexity index is 339. The van der Waals surface area contributed by atoms with Gasteiger partial charge in [-0.25, -0.2) is 0 Å². The molecule has 0 saturated carbocycles. The first kappa shape index (κ1) is 22.0. The predicted molar refractivity (Wildman–Crippen MR) is 87.1 cm³/mol. The van der Waals surface area contributed by atoms with Crippen LogP contribution < -0.4 is 11.2 Å². The molecule has 0 bridgehead atoms. The fourth-order valence-corrected chi connectivity index (χ4v) is 4.70. The van der Waals surface area contributed by atoms with Gasteiger partial charge in [0.2, 0.25) is 5.91 Å². The van der Waals surface area contributed by atoms with E-state index in [1.165, 1.54) is 0 Å². The van der Waals surface area contributed by atoms with Gasteiger partial charge in [-0.05, 0) is 27.2 Å². The average molecular weight is 350 g/mol. The molecule has 0 rings (SSSR count). The molecular weight excluding hydrogens is 320 g/mol. The Morgan fingerprint density at radius 2 is 1.61 bits per heavy atom. The molecule has 0 aromatic carbocycles. The molecular formula is C14H30N2O6Si. The molecule has 0 unspecified atom stereocenters. The normalized spacial score (nSPS) is 12.7. The van der Waals surface area contributed by atoms with Crippen molar-refractivity contribution in [3.8, 4) is 0 Å². The van der Waals surface area contributed by atoms with Crippen LogP contribution in [-0.4, -0.2) is 47.0 Å². The Kier molecular flexibility index (Phi) is 11.9. The highest BCUT2D eigenvalue weighted by atomic mass is 28.4. The highest BCUT2D eigenvalue weighted by molar-refractivity contribution is 6.60. The molecule has 0 aromatic rings. The fourth-order valence-electron chi connectivity index (χ4n) is 2.08. The molecule has 0 saturated heterocycles. The third-order valence-electron chi connectivity index (χ3n) is 3.08. The minimum atomic E-state index is -2.67. The van der Waals surface area contributed by atoms with Crippen LogP contribution in [0, 0.1) is 5.92 Å². The second kappa shape index (κ2) is 12.4. The number of rotatable bonds is 13. The predicted octanol–water partition coefficient (Wildman–Crippen LogP) is 0.984. The summed E-state index contributed by atoms with van der Waals surface area (Å²) in [5.74, 6) is 3.40. The van der Waals surface area contributed by atoms with Gasteiger partial charge in [0.05, 0.1) is 5.92 Å². The number of carbonyl (C=O) groups is 2. The summed E-state index contributed by atoms with van der Waals surface area (Å²) < 4.78 is 17.2. The molecule has 0 radical (unpaired) electrons. The maximum Gasteiger partial charge on any atom is 0.500 e. The van der Waals surface area contributed by atoms with Crippen LogP contribution >= 0.6 is 0 Å². The lowest BCUT2D eigenvalue weighted by atomic mass is 10.1. The van der Waals surface area contributed by atoms with E-state index in [9.17, 15) is 9.59 Å². The molecule has 3 N–H and O–H groups in total. The first-order valence-electron chi connectivity index (χ1n) is 8.03. The van der Waals surface area contributed by atoms with Gasteiger partial charge in [0.1, 0.15) is 0 Å². The molecule has 0 heterocycles. The molecule has 0 aliphatic carbocycles. The lowest BCUT2D eigenvalue weighted by molar-refractivity contribution is -0.150. The van der Waals surface area contributed by atoms with Crippen molar-refractivity contribution in [1.29, 1.82) is 0 Å². The van der Waals surface area contributed by atoms with Crippen LogP contribution in [0.2, 0.25) is 6.04 Å². The summed E-state index contributed by atoms with van der Waals surface area (Å²) in [5.41, 5.74) is 0. The van der Waals surface area contributed by atoms with Crippen molar-refractivity contribution in [3.63, 3.8) is 0 Å². The topological polar surface area (TPSA) is 109 Å². The highest BCUT2D eigenvalue weighted by Crippen LogP contribution is 2.17. The second-order valence-electron chi connectivity index (χ2n) is 4.98. The summed E-state index contributed by atoms with van der Waals surface area (Å²) in [5, 5.41) is 2.76. The molecule has 1 amide bonds. The Morgan fingerprint density at radius 3 is 2.04 bits per heavy atom. The maximum absolute atomic E-state index is 11.7. The third-order valence-corrected chi connectivity index (χ3v) is 6.24. The molecule has 136 valence electrons. The van der Waals surface area contributed by atoms with Crippen molar-refractivity contribution in [1.82, 2.24) is 5.32 Å². The summed E-state index contributed by atoms with van der Waals surface area (Å²) in [7, 11) is -2.67. The zero-order chi connectivity index (χ0) is 17.7. The van der Waals surface area contributed by atoms with Crippen LogP contribution in [0.25, 0.3) is 0 Å². The Labute approximate surface area is 139 Å². The van der Waals surface area contributed by atoms with Gasteiger partial charge >= 0.3 is 14.8 Å². The lowest BCUT2D eigenvalue weighted by Gasteiger charge is -2.28. The van der Waals surface area contributed by atoms with E-state index in [4.69, 9.17) is 19.2 Å². The molecule has 1 atom stereocenters. The minimum absolute atomic E-state index is 0.0426. The van der Waals surface area contributed by atoms with E-state index in [1.54, 1.807) is 6.92 Å². The monoisotopic (exact) mass is 350 g/mol. The van der Waals surface area contributed by atoms with E-state index in [-0.39, 0.29) is 12.3 Å². The number of nitrogens with one attached hydrogen (secondary N) is 1. The van der Waals surface area contributed by atoms with Crippen molar-refractivity contribution < 1.29 is 27.7 Å². The van der Waals surface area contributed by atoms with Crippen molar-refractivity contribution in [2.75, 3.05) is 26.4 Å². The van der Waals surface area contributed by atoms with Gasteiger partial charge in [0.25, 0.3) is 0 Å². The smallest absolute Gasteiger partial charge is 0.374 e. The van der Waals surface area contributed by atoms with Gasteiger partial charge in [-0.3, -0.25) is 9.59 Å². The van der Waals surface area contributed by atoms with Crippen LogP contribution in [0.3, 0.4) is 0 Å². The van der Waals surface area contributed by atoms with Crippen LogP contribution in [0.15, 0.2) is 0 Å². The average Bonchev–Trinajstić information content (AvgIpc) is 2.51. The Balaban J connectivity index is 4.23. The molecule has 0 aromatic heterocycles. The van der Waals surface area contributed by atoms with E-state index in [0.29, 0.717) is 38.8 Å². The molecule has 0 aliphatic rings. The second-order valence-corrected chi connectivity index (χ2v) is 7.71. The van der Waals surface area contributed by atoms with Crippen LogP contribution in [-0.2, 0) is 27.7 Å². The first-order chi connectivity index (χ1) is 10.9. The van der Waals surface area contributed by atoms with Crippen LogP contribution in [0.1, 0.15) is 40.5 Å². The van der Waals surface area contributed by atoms with Gasteiger partial charge in [0.15, 0.2) is 0 Å². The Hall–Kier alpha value is -1.00. The Morgan fingerprint density at radius 1 is 1.09 bits per heavy atom. The van der Waals surface area contributed by atoms with E-state index >= 15 is 0 Å². The number of amides is 1. The van der Waals surface area contributed by atoms with E-state index in [2.05, 4.69) is 10.2 Å². The molecule has 9 heteroatoms. The molecule has 0 fully saturated rings. The summed E-state index contributed by atoms with van der Waals surface area (Å²) >= 11 is 0. The van der Waals surface area contributed by atoms with E-state index in [0.717, 1.165) is 0 Å². The molecule has 0 aliphatic heterocycles. The van der Waals surface area contributed by atoms with Gasteiger partial charge < -0.3 is 23.4 Å². The number of nitrogens with two attached hydrogens (primary N) is 1. The standard InChI is InChI=1S/C14H30N2O6Si/c1-5-19-23(20-6-2,21-7-3)10-8-9-16-13(17)11-12(4)14(18)22-15/h12H,5-11,15H2,1-4H3,(H,16,17)/t12-/m1/s1. The van der Waals surface area contributed by atoms with Gasteiger partial charge in [-0.15, -0.1) is 0 Å². The highest BCUT2D eigenvalue weighted by Gasteiger charge is 2.39. The SMILES string of the molecule is CCO[Si](CCCNC(=O)C[C@@H](C)C(=O)ON)(OCC)OCC. The summed E-state index contributed by atoms with van der Waals surface area (Å²) in [4.78, 5) is 27.0. The summed E-state index contributed by atoms with van der Waals surface area (Å²) in [6.07, 6.45) is 0.717. The fraction of sp³-hybridized carbons (Fsp3) is 0.857. The molecule has 23 heavy (non-hydrogen) atoms. The largest absolute Gasteiger partial charge is 0.500 e. The first-order valence-corrected chi connectivity index (χ1v) is 9.96. The number of hydrogen-bond acceptors (Lipinski definition) is 7. The van der Waals surface area contributed by atoms with E-state index in [1.807, 2.05) is 20.8 Å². The van der Waals surface area contributed by atoms with Crippen molar-refractivity contribution in [3.05, 3.63) is 0 Å². The lowest BCUT2D eigenvalue weighted by Crippen LogP contribution is -2.46. The quantitative estimate of drug-likeness (QED) is 0.289. The van der Waals surface area contributed by atoms with Gasteiger partial charge in [-0.2, -0.15) is 5.90 Å². The van der Waals surface area contributed by atoms with E-state index < -0.39 is 20.7 Å². The van der Waals surface area contributed by atoms with Crippen molar-refractivity contribution in [2.45, 2.75) is 46.6 Å².